The molecule has 2 heterocycles. The van der Waals surface area contributed by atoms with Crippen LogP contribution in [0.15, 0.2) is 43.0 Å². The minimum atomic E-state index is 1.14. The van der Waals surface area contributed by atoms with Crippen molar-refractivity contribution in [3.8, 4) is 5.69 Å². The van der Waals surface area contributed by atoms with Gasteiger partial charge in [0.25, 0.3) is 0 Å². The maximum absolute atomic E-state index is 2.50. The average molecular weight is 467 g/mol. The number of aromatic nitrogens is 2. The zero-order chi connectivity index (χ0) is 23.7. The smallest absolute Gasteiger partial charge is 0.248 e. The Morgan fingerprint density at radius 3 is 1.62 bits per heavy atom. The van der Waals surface area contributed by atoms with E-state index >= 15 is 0 Å². The van der Waals surface area contributed by atoms with Crippen LogP contribution in [0, 0.1) is 0 Å². The van der Waals surface area contributed by atoms with Gasteiger partial charge in [-0.1, -0.05) is 96.8 Å². The number of anilines is 1. The topological polar surface area (TPSA) is 12.0 Å². The molecule has 0 aliphatic carbocycles. The van der Waals surface area contributed by atoms with Crippen molar-refractivity contribution < 1.29 is 4.57 Å². The van der Waals surface area contributed by atoms with Crippen LogP contribution < -0.4 is 9.47 Å². The summed E-state index contributed by atoms with van der Waals surface area (Å²) in [6.07, 6.45) is 32.2. The molecule has 0 spiro atoms. The van der Waals surface area contributed by atoms with Gasteiger partial charge in [-0.2, -0.15) is 0 Å². The van der Waals surface area contributed by atoms with Gasteiger partial charge in [-0.05, 0) is 49.9 Å². The van der Waals surface area contributed by atoms with Crippen molar-refractivity contribution in [1.29, 1.82) is 0 Å². The van der Waals surface area contributed by atoms with Gasteiger partial charge in [0.05, 0.1) is 6.54 Å². The van der Waals surface area contributed by atoms with Crippen molar-refractivity contribution in [2.45, 2.75) is 129 Å². The number of nitrogens with zero attached hydrogens (tertiary/aromatic N) is 3. The summed E-state index contributed by atoms with van der Waals surface area (Å²) in [5, 5.41) is 0. The van der Waals surface area contributed by atoms with E-state index in [1.165, 1.54) is 140 Å². The minimum Gasteiger partial charge on any atom is -0.372 e. The lowest BCUT2D eigenvalue weighted by Gasteiger charge is -2.17. The molecule has 0 unspecified atom stereocenters. The Kier molecular flexibility index (Phi) is 13.2. The zero-order valence-electron chi connectivity index (χ0n) is 22.2. The molecular weight excluding hydrogens is 414 g/mol. The van der Waals surface area contributed by atoms with E-state index in [1.54, 1.807) is 0 Å². The second-order valence-electron chi connectivity index (χ2n) is 10.6. The van der Waals surface area contributed by atoms with Crippen LogP contribution in [0.4, 0.5) is 5.69 Å². The van der Waals surface area contributed by atoms with Gasteiger partial charge in [0.2, 0.25) is 6.33 Å². The van der Waals surface area contributed by atoms with Gasteiger partial charge in [0, 0.05) is 18.8 Å². The Balaban J connectivity index is 1.15. The number of hydrogen-bond acceptors (Lipinski definition) is 1. The third kappa shape index (κ3) is 10.2. The van der Waals surface area contributed by atoms with Gasteiger partial charge in [-0.3, -0.25) is 0 Å². The van der Waals surface area contributed by atoms with Crippen LogP contribution in [0.1, 0.15) is 122 Å². The van der Waals surface area contributed by atoms with Gasteiger partial charge in [0.1, 0.15) is 18.1 Å². The molecule has 1 aromatic carbocycles. The number of aryl methyl sites for hydroxylation is 1. The Labute approximate surface area is 210 Å². The third-order valence-corrected chi connectivity index (χ3v) is 7.58. The number of unbranched alkanes of at least 4 members (excludes halogenated alkanes) is 15. The van der Waals surface area contributed by atoms with Crippen molar-refractivity contribution in [2.24, 2.45) is 0 Å². The van der Waals surface area contributed by atoms with E-state index in [4.69, 9.17) is 0 Å². The van der Waals surface area contributed by atoms with Crippen LogP contribution in [0.5, 0.6) is 0 Å². The molecule has 1 aromatic heterocycles. The molecule has 0 amide bonds. The summed E-state index contributed by atoms with van der Waals surface area (Å²) in [5.74, 6) is 0. The number of imidazole rings is 1. The highest BCUT2D eigenvalue weighted by Gasteiger charge is 2.13. The Morgan fingerprint density at radius 1 is 0.618 bits per heavy atom. The highest BCUT2D eigenvalue weighted by molar-refractivity contribution is 5.51. The van der Waals surface area contributed by atoms with Crippen LogP contribution in [0.2, 0.25) is 0 Å². The molecular formula is C31H52N3+. The van der Waals surface area contributed by atoms with Crippen molar-refractivity contribution in [1.82, 2.24) is 4.57 Å². The van der Waals surface area contributed by atoms with E-state index in [0.29, 0.717) is 0 Å². The maximum Gasteiger partial charge on any atom is 0.248 e. The second kappa shape index (κ2) is 16.8. The molecule has 1 saturated heterocycles. The largest absolute Gasteiger partial charge is 0.372 e. The maximum atomic E-state index is 2.50. The fourth-order valence-corrected chi connectivity index (χ4v) is 5.33. The van der Waals surface area contributed by atoms with Crippen LogP contribution in [0.3, 0.4) is 0 Å². The Hall–Kier alpha value is -1.77. The predicted molar refractivity (Wildman–Crippen MR) is 147 cm³/mol. The molecule has 0 atom stereocenters. The van der Waals surface area contributed by atoms with Crippen molar-refractivity contribution in [3.63, 3.8) is 0 Å². The fourth-order valence-electron chi connectivity index (χ4n) is 5.33. The lowest BCUT2D eigenvalue weighted by molar-refractivity contribution is -0.696. The third-order valence-electron chi connectivity index (χ3n) is 7.58. The van der Waals surface area contributed by atoms with Crippen LogP contribution in [-0.2, 0) is 6.54 Å². The average Bonchev–Trinajstić information content (AvgIpc) is 3.57. The molecule has 3 heteroatoms. The molecule has 190 valence electrons. The summed E-state index contributed by atoms with van der Waals surface area (Å²) in [5.41, 5.74) is 2.63. The van der Waals surface area contributed by atoms with Crippen molar-refractivity contribution >= 4 is 5.69 Å². The summed E-state index contributed by atoms with van der Waals surface area (Å²) >= 11 is 0. The molecule has 0 bridgehead atoms. The molecule has 3 rings (SSSR count). The highest BCUT2D eigenvalue weighted by Crippen LogP contribution is 2.21. The zero-order valence-corrected chi connectivity index (χ0v) is 22.2. The van der Waals surface area contributed by atoms with Crippen LogP contribution in [-0.4, -0.2) is 17.7 Å². The predicted octanol–water partition coefficient (Wildman–Crippen LogP) is 8.63. The molecule has 2 aromatic rings. The van der Waals surface area contributed by atoms with Gasteiger partial charge in [0.15, 0.2) is 0 Å². The molecule has 3 nitrogen and oxygen atoms in total. The van der Waals surface area contributed by atoms with E-state index in [1.807, 2.05) is 0 Å². The second-order valence-corrected chi connectivity index (χ2v) is 10.6. The van der Waals surface area contributed by atoms with Gasteiger partial charge in [-0.15, -0.1) is 0 Å². The summed E-state index contributed by atoms with van der Waals surface area (Å²) in [6, 6.07) is 9.07. The lowest BCUT2D eigenvalue weighted by Crippen LogP contribution is -2.30. The quantitative estimate of drug-likeness (QED) is 0.149. The minimum absolute atomic E-state index is 1.14. The monoisotopic (exact) mass is 466 g/mol. The first kappa shape index (κ1) is 26.8. The molecule has 1 aliphatic rings. The van der Waals surface area contributed by atoms with E-state index < -0.39 is 0 Å². The first-order valence-electron chi connectivity index (χ1n) is 14.8. The summed E-state index contributed by atoms with van der Waals surface area (Å²) in [7, 11) is 0. The normalized spacial score (nSPS) is 13.7. The first-order valence-corrected chi connectivity index (χ1v) is 14.8. The molecule has 0 radical (unpaired) electrons. The number of hydrogen-bond donors (Lipinski definition) is 0. The molecule has 0 N–H and O–H groups in total. The lowest BCUT2D eigenvalue weighted by atomic mass is 10.0. The summed E-state index contributed by atoms with van der Waals surface area (Å²) in [6.45, 7) is 5.86. The number of benzene rings is 1. The molecule has 1 aliphatic heterocycles. The summed E-state index contributed by atoms with van der Waals surface area (Å²) in [4.78, 5) is 2.50. The van der Waals surface area contributed by atoms with E-state index in [-0.39, 0.29) is 0 Å². The molecule has 0 saturated carbocycles. The van der Waals surface area contributed by atoms with Gasteiger partial charge in [-0.25, -0.2) is 9.13 Å². The Morgan fingerprint density at radius 2 is 1.09 bits per heavy atom. The van der Waals surface area contributed by atoms with Gasteiger partial charge < -0.3 is 4.90 Å². The van der Waals surface area contributed by atoms with Crippen LogP contribution in [0.25, 0.3) is 5.69 Å². The van der Waals surface area contributed by atoms with Crippen LogP contribution >= 0.6 is 0 Å². The van der Waals surface area contributed by atoms with Gasteiger partial charge >= 0.3 is 0 Å². The van der Waals surface area contributed by atoms with E-state index in [0.717, 1.165) is 6.54 Å². The SMILES string of the molecule is CCCCCCCCCCCCCCCCCC[n+]1ccn(-c2ccc(N3CCCC3)cc2)c1. The van der Waals surface area contributed by atoms with E-state index in [2.05, 4.69) is 63.9 Å². The Bertz CT molecular complexity index is 742. The van der Waals surface area contributed by atoms with Crippen molar-refractivity contribution in [3.05, 3.63) is 43.0 Å². The number of rotatable bonds is 19. The van der Waals surface area contributed by atoms with Crippen molar-refractivity contribution in [2.75, 3.05) is 18.0 Å². The standard InChI is InChI=1S/C31H52N3/c1-2-3-4-5-6-7-8-9-10-11-12-13-14-15-16-17-24-32-27-28-34(29-32)31-22-20-30(21-23-31)33-25-18-19-26-33/h20-23,27-29H,2-19,24-26H2,1H3/q+1. The first-order chi connectivity index (χ1) is 16.9. The highest BCUT2D eigenvalue weighted by atomic mass is 15.1. The summed E-state index contributed by atoms with van der Waals surface area (Å²) < 4.78 is 4.60. The van der Waals surface area contributed by atoms with E-state index in [9.17, 15) is 0 Å². The molecule has 34 heavy (non-hydrogen) atoms. The fraction of sp³-hybridized carbons (Fsp3) is 0.710. The molecule has 1 fully saturated rings.